The molecule has 0 aliphatic heterocycles. The first-order valence-electron chi connectivity index (χ1n) is 6.30. The van der Waals surface area contributed by atoms with Gasteiger partial charge in [-0.2, -0.15) is 0 Å². The van der Waals surface area contributed by atoms with Crippen LogP contribution in [0.4, 0.5) is 0 Å². The number of methoxy groups -OCH3 is 1. The van der Waals surface area contributed by atoms with Gasteiger partial charge in [0, 0.05) is 19.7 Å². The van der Waals surface area contributed by atoms with Crippen LogP contribution in [0, 0.1) is 0 Å². The molecule has 0 saturated heterocycles. The molecule has 0 aliphatic carbocycles. The predicted molar refractivity (Wildman–Crippen MR) is 70.2 cm³/mol. The molecule has 6 nitrogen and oxygen atoms in total. The van der Waals surface area contributed by atoms with Crippen molar-refractivity contribution in [2.75, 3.05) is 26.8 Å². The maximum atomic E-state index is 11.7. The van der Waals surface area contributed by atoms with Gasteiger partial charge in [-0.25, -0.2) is 0 Å². The number of ether oxygens (including phenoxy) is 1. The van der Waals surface area contributed by atoms with Crippen molar-refractivity contribution in [3.8, 4) is 0 Å². The van der Waals surface area contributed by atoms with Gasteiger partial charge in [0.2, 0.25) is 11.8 Å². The van der Waals surface area contributed by atoms with Crippen LogP contribution >= 0.6 is 0 Å². The molecule has 3 N–H and O–H groups in total. The van der Waals surface area contributed by atoms with Crippen molar-refractivity contribution in [2.45, 2.75) is 39.3 Å². The van der Waals surface area contributed by atoms with Crippen LogP contribution in [0.3, 0.4) is 0 Å². The van der Waals surface area contributed by atoms with E-state index in [4.69, 9.17) is 4.74 Å². The lowest BCUT2D eigenvalue weighted by atomic mass is 10.2. The molecule has 2 amide bonds. The summed E-state index contributed by atoms with van der Waals surface area (Å²) in [5.74, 6) is -0.232. The van der Waals surface area contributed by atoms with Gasteiger partial charge in [0.25, 0.3) is 0 Å². The minimum atomic E-state index is -0.382. The Morgan fingerprint density at radius 3 is 2.50 bits per heavy atom. The average Bonchev–Trinajstić information content (AvgIpc) is 2.35. The Kier molecular flexibility index (Phi) is 9.22. The zero-order chi connectivity index (χ0) is 14.0. The topological polar surface area (TPSA) is 79.5 Å². The van der Waals surface area contributed by atoms with E-state index in [1.165, 1.54) is 0 Å². The molecular formula is C12H25N3O3. The first kappa shape index (κ1) is 16.9. The number of hydrogen-bond acceptors (Lipinski definition) is 4. The predicted octanol–water partition coefficient (Wildman–Crippen LogP) is -0.358. The summed E-state index contributed by atoms with van der Waals surface area (Å²) in [7, 11) is 1.58. The van der Waals surface area contributed by atoms with Crippen LogP contribution in [-0.2, 0) is 14.3 Å². The van der Waals surface area contributed by atoms with Crippen LogP contribution in [0.15, 0.2) is 0 Å². The molecule has 18 heavy (non-hydrogen) atoms. The Labute approximate surface area is 109 Å². The fraction of sp³-hybridized carbons (Fsp3) is 0.833. The van der Waals surface area contributed by atoms with E-state index < -0.39 is 0 Å². The number of nitrogens with one attached hydrogen (secondary N) is 3. The standard InChI is InChI=1S/C12H25N3O3/c1-5-9(2)15-12(17)10(3)14-8-11(16)13-6-7-18-4/h9-10,14H,5-8H2,1-4H3,(H,13,16)(H,15,17). The van der Waals surface area contributed by atoms with E-state index in [1.54, 1.807) is 14.0 Å². The summed E-state index contributed by atoms with van der Waals surface area (Å²) in [6.07, 6.45) is 0.885. The first-order valence-corrected chi connectivity index (χ1v) is 6.30. The second-order valence-corrected chi connectivity index (χ2v) is 4.26. The van der Waals surface area contributed by atoms with E-state index in [0.717, 1.165) is 6.42 Å². The van der Waals surface area contributed by atoms with Crippen LogP contribution in [-0.4, -0.2) is 50.7 Å². The average molecular weight is 259 g/mol. The van der Waals surface area contributed by atoms with Crippen molar-refractivity contribution in [1.29, 1.82) is 0 Å². The van der Waals surface area contributed by atoms with E-state index >= 15 is 0 Å². The summed E-state index contributed by atoms with van der Waals surface area (Å²) in [6, 6.07) is -0.232. The van der Waals surface area contributed by atoms with Gasteiger partial charge >= 0.3 is 0 Å². The molecule has 0 saturated carbocycles. The van der Waals surface area contributed by atoms with Crippen molar-refractivity contribution in [3.05, 3.63) is 0 Å². The summed E-state index contributed by atoms with van der Waals surface area (Å²) in [4.78, 5) is 23.0. The SMILES string of the molecule is CCC(C)NC(=O)C(C)NCC(=O)NCCOC. The van der Waals surface area contributed by atoms with Gasteiger partial charge in [-0.05, 0) is 20.3 Å². The highest BCUT2D eigenvalue weighted by Crippen LogP contribution is 1.90. The quantitative estimate of drug-likeness (QED) is 0.494. The van der Waals surface area contributed by atoms with Gasteiger partial charge in [-0.1, -0.05) is 6.92 Å². The van der Waals surface area contributed by atoms with Gasteiger partial charge in [0.15, 0.2) is 0 Å². The van der Waals surface area contributed by atoms with Crippen LogP contribution in [0.2, 0.25) is 0 Å². The van der Waals surface area contributed by atoms with Crippen LogP contribution in [0.1, 0.15) is 27.2 Å². The number of carbonyl (C=O) groups is 2. The van der Waals surface area contributed by atoms with Crippen molar-refractivity contribution in [1.82, 2.24) is 16.0 Å². The maximum Gasteiger partial charge on any atom is 0.237 e. The summed E-state index contributed by atoms with van der Waals surface area (Å²) in [5, 5.41) is 8.40. The molecule has 0 fully saturated rings. The lowest BCUT2D eigenvalue weighted by Gasteiger charge is -2.17. The Morgan fingerprint density at radius 2 is 1.94 bits per heavy atom. The van der Waals surface area contributed by atoms with Crippen molar-refractivity contribution in [3.63, 3.8) is 0 Å². The molecular weight excluding hydrogens is 234 g/mol. The number of carbonyl (C=O) groups excluding carboxylic acids is 2. The highest BCUT2D eigenvalue weighted by molar-refractivity contribution is 5.83. The molecule has 0 bridgehead atoms. The fourth-order valence-electron chi connectivity index (χ4n) is 1.16. The van der Waals surface area contributed by atoms with E-state index in [9.17, 15) is 9.59 Å². The zero-order valence-electron chi connectivity index (χ0n) is 11.7. The van der Waals surface area contributed by atoms with Crippen LogP contribution in [0.25, 0.3) is 0 Å². The van der Waals surface area contributed by atoms with E-state index in [-0.39, 0.29) is 30.4 Å². The lowest BCUT2D eigenvalue weighted by molar-refractivity contribution is -0.124. The Bertz CT molecular complexity index is 259. The van der Waals surface area contributed by atoms with Gasteiger partial charge in [0.05, 0.1) is 19.2 Å². The first-order chi connectivity index (χ1) is 8.51. The van der Waals surface area contributed by atoms with Crippen LogP contribution < -0.4 is 16.0 Å². The number of hydrogen-bond donors (Lipinski definition) is 3. The molecule has 2 atom stereocenters. The Morgan fingerprint density at radius 1 is 1.28 bits per heavy atom. The van der Waals surface area contributed by atoms with E-state index in [1.807, 2.05) is 13.8 Å². The zero-order valence-corrected chi connectivity index (χ0v) is 11.7. The molecule has 0 radical (unpaired) electrons. The van der Waals surface area contributed by atoms with Gasteiger partial charge < -0.3 is 15.4 Å². The van der Waals surface area contributed by atoms with Crippen molar-refractivity contribution in [2.24, 2.45) is 0 Å². The summed E-state index contributed by atoms with van der Waals surface area (Å²) in [6.45, 7) is 6.77. The van der Waals surface area contributed by atoms with Crippen molar-refractivity contribution < 1.29 is 14.3 Å². The smallest absolute Gasteiger partial charge is 0.237 e. The van der Waals surface area contributed by atoms with Gasteiger partial charge in [0.1, 0.15) is 0 Å². The number of rotatable bonds is 9. The summed E-state index contributed by atoms with van der Waals surface area (Å²) >= 11 is 0. The molecule has 0 aromatic heterocycles. The third-order valence-corrected chi connectivity index (χ3v) is 2.59. The van der Waals surface area contributed by atoms with Gasteiger partial charge in [-0.15, -0.1) is 0 Å². The molecule has 0 rings (SSSR count). The second-order valence-electron chi connectivity index (χ2n) is 4.26. The molecule has 0 aliphatic rings. The lowest BCUT2D eigenvalue weighted by Crippen LogP contribution is -2.48. The highest BCUT2D eigenvalue weighted by Gasteiger charge is 2.14. The molecule has 0 spiro atoms. The van der Waals surface area contributed by atoms with Crippen LogP contribution in [0.5, 0.6) is 0 Å². The molecule has 106 valence electrons. The summed E-state index contributed by atoms with van der Waals surface area (Å²) in [5.41, 5.74) is 0. The maximum absolute atomic E-state index is 11.7. The van der Waals surface area contributed by atoms with Crippen molar-refractivity contribution >= 4 is 11.8 Å². The summed E-state index contributed by atoms with van der Waals surface area (Å²) < 4.78 is 4.81. The molecule has 0 aromatic carbocycles. The molecule has 2 unspecified atom stereocenters. The normalized spacial score (nSPS) is 13.8. The minimum Gasteiger partial charge on any atom is -0.383 e. The monoisotopic (exact) mass is 259 g/mol. The molecule has 0 aromatic rings. The van der Waals surface area contributed by atoms with Gasteiger partial charge in [-0.3, -0.25) is 14.9 Å². The fourth-order valence-corrected chi connectivity index (χ4v) is 1.16. The Hall–Kier alpha value is -1.14. The third-order valence-electron chi connectivity index (χ3n) is 2.59. The van der Waals surface area contributed by atoms with E-state index in [2.05, 4.69) is 16.0 Å². The molecule has 6 heteroatoms. The third kappa shape index (κ3) is 8.03. The number of amides is 2. The van der Waals surface area contributed by atoms with E-state index in [0.29, 0.717) is 13.2 Å². The minimum absolute atomic E-state index is 0.0889. The Balaban J connectivity index is 3.77. The highest BCUT2D eigenvalue weighted by atomic mass is 16.5. The second kappa shape index (κ2) is 9.85. The largest absolute Gasteiger partial charge is 0.383 e. The molecule has 0 heterocycles.